The lowest BCUT2D eigenvalue weighted by Gasteiger charge is -2.09. The summed E-state index contributed by atoms with van der Waals surface area (Å²) in [6.07, 6.45) is 2.62. The zero-order valence-corrected chi connectivity index (χ0v) is 12.1. The monoisotopic (exact) mass is 281 g/mol. The van der Waals surface area contributed by atoms with Crippen molar-refractivity contribution in [2.75, 3.05) is 27.4 Å². The Kier molecular flexibility index (Phi) is 7.50. The van der Waals surface area contributed by atoms with Gasteiger partial charge in [0.15, 0.2) is 11.5 Å². The Morgan fingerprint density at radius 2 is 1.95 bits per heavy atom. The van der Waals surface area contributed by atoms with Crippen molar-refractivity contribution in [2.45, 2.75) is 25.7 Å². The molecule has 0 aromatic heterocycles. The number of amides is 1. The van der Waals surface area contributed by atoms with Crippen molar-refractivity contribution in [3.8, 4) is 11.5 Å². The Morgan fingerprint density at radius 1 is 1.20 bits per heavy atom. The molecule has 1 aromatic carbocycles. The number of aliphatic hydroxyl groups excluding tert-OH is 1. The predicted octanol–water partition coefficient (Wildman–Crippen LogP) is 1.53. The van der Waals surface area contributed by atoms with Gasteiger partial charge in [0.25, 0.3) is 0 Å². The maximum atomic E-state index is 11.6. The van der Waals surface area contributed by atoms with Crippen molar-refractivity contribution in [1.82, 2.24) is 5.32 Å². The normalized spacial score (nSPS) is 10.2. The lowest BCUT2D eigenvalue weighted by Crippen LogP contribution is -2.24. The van der Waals surface area contributed by atoms with E-state index in [9.17, 15) is 4.79 Å². The topological polar surface area (TPSA) is 67.8 Å². The van der Waals surface area contributed by atoms with Gasteiger partial charge in [0, 0.05) is 19.6 Å². The van der Waals surface area contributed by atoms with Gasteiger partial charge in [0.05, 0.1) is 14.2 Å². The number of aliphatic hydroxyl groups is 1. The molecule has 2 N–H and O–H groups in total. The van der Waals surface area contributed by atoms with Gasteiger partial charge in [0.1, 0.15) is 0 Å². The van der Waals surface area contributed by atoms with E-state index in [4.69, 9.17) is 14.6 Å². The Bertz CT molecular complexity index is 420. The first-order chi connectivity index (χ1) is 9.71. The molecular weight excluding hydrogens is 258 g/mol. The number of hydrogen-bond donors (Lipinski definition) is 2. The first kappa shape index (κ1) is 16.3. The number of aryl methyl sites for hydroxylation is 1. The number of ether oxygens (including phenoxy) is 2. The molecule has 5 heteroatoms. The molecule has 0 atom stereocenters. The Morgan fingerprint density at radius 3 is 2.60 bits per heavy atom. The van der Waals surface area contributed by atoms with Gasteiger partial charge in [0.2, 0.25) is 5.91 Å². The number of hydrogen-bond acceptors (Lipinski definition) is 4. The highest BCUT2D eigenvalue weighted by Crippen LogP contribution is 2.27. The van der Waals surface area contributed by atoms with Gasteiger partial charge in [-0.05, 0) is 37.0 Å². The first-order valence-electron chi connectivity index (χ1n) is 6.79. The Balaban J connectivity index is 2.39. The van der Waals surface area contributed by atoms with Crippen LogP contribution in [0, 0.1) is 0 Å². The van der Waals surface area contributed by atoms with Crippen molar-refractivity contribution < 1.29 is 19.4 Å². The molecule has 0 fully saturated rings. The van der Waals surface area contributed by atoms with Crippen molar-refractivity contribution in [1.29, 1.82) is 0 Å². The number of carbonyl (C=O) groups is 1. The summed E-state index contributed by atoms with van der Waals surface area (Å²) in [6, 6.07) is 5.66. The molecule has 1 amide bonds. The summed E-state index contributed by atoms with van der Waals surface area (Å²) in [4.78, 5) is 11.6. The predicted molar refractivity (Wildman–Crippen MR) is 77.2 cm³/mol. The molecule has 0 saturated heterocycles. The molecule has 0 aliphatic carbocycles. The summed E-state index contributed by atoms with van der Waals surface area (Å²) >= 11 is 0. The lowest BCUT2D eigenvalue weighted by molar-refractivity contribution is -0.121. The molecule has 0 radical (unpaired) electrons. The van der Waals surface area contributed by atoms with E-state index < -0.39 is 0 Å². The standard InChI is InChI=1S/C15H23NO4/c1-19-13-7-5-12(11-14(13)20-2)6-8-15(18)16-9-3-4-10-17/h5,7,11,17H,3-4,6,8-10H2,1-2H3,(H,16,18). The molecule has 112 valence electrons. The summed E-state index contributed by atoms with van der Waals surface area (Å²) in [5.41, 5.74) is 1.04. The van der Waals surface area contributed by atoms with Crippen LogP contribution in [0.25, 0.3) is 0 Å². The van der Waals surface area contributed by atoms with Crippen LogP contribution in [-0.4, -0.2) is 38.4 Å². The van der Waals surface area contributed by atoms with E-state index in [2.05, 4.69) is 5.32 Å². The van der Waals surface area contributed by atoms with Gasteiger partial charge in [-0.25, -0.2) is 0 Å². The van der Waals surface area contributed by atoms with Gasteiger partial charge < -0.3 is 19.9 Å². The Hall–Kier alpha value is -1.75. The zero-order valence-electron chi connectivity index (χ0n) is 12.1. The molecule has 0 spiro atoms. The highest BCUT2D eigenvalue weighted by molar-refractivity contribution is 5.76. The smallest absolute Gasteiger partial charge is 0.220 e. The lowest BCUT2D eigenvalue weighted by atomic mass is 10.1. The summed E-state index contributed by atoms with van der Waals surface area (Å²) in [5, 5.41) is 11.5. The fraction of sp³-hybridized carbons (Fsp3) is 0.533. The van der Waals surface area contributed by atoms with Crippen LogP contribution in [0.15, 0.2) is 18.2 Å². The number of rotatable bonds is 9. The molecule has 0 bridgehead atoms. The zero-order chi connectivity index (χ0) is 14.8. The highest BCUT2D eigenvalue weighted by Gasteiger charge is 2.06. The molecule has 1 rings (SSSR count). The van der Waals surface area contributed by atoms with Crippen LogP contribution in [-0.2, 0) is 11.2 Å². The molecule has 0 aliphatic heterocycles. The number of benzene rings is 1. The van der Waals surface area contributed by atoms with Crippen LogP contribution in [0.5, 0.6) is 11.5 Å². The summed E-state index contributed by atoms with van der Waals surface area (Å²) < 4.78 is 10.4. The van der Waals surface area contributed by atoms with Crippen LogP contribution in [0.4, 0.5) is 0 Å². The SMILES string of the molecule is COc1ccc(CCC(=O)NCCCCO)cc1OC. The Labute approximate surface area is 119 Å². The average molecular weight is 281 g/mol. The third-order valence-electron chi connectivity index (χ3n) is 3.00. The van der Waals surface area contributed by atoms with E-state index in [1.807, 2.05) is 18.2 Å². The fourth-order valence-electron chi connectivity index (χ4n) is 1.85. The maximum Gasteiger partial charge on any atom is 0.220 e. The number of carbonyl (C=O) groups excluding carboxylic acids is 1. The second-order valence-corrected chi connectivity index (χ2v) is 4.47. The van der Waals surface area contributed by atoms with Gasteiger partial charge in [-0.2, -0.15) is 0 Å². The van der Waals surface area contributed by atoms with Crippen LogP contribution < -0.4 is 14.8 Å². The van der Waals surface area contributed by atoms with Crippen LogP contribution >= 0.6 is 0 Å². The van der Waals surface area contributed by atoms with Gasteiger partial charge in [-0.1, -0.05) is 6.07 Å². The van der Waals surface area contributed by atoms with E-state index in [1.54, 1.807) is 14.2 Å². The minimum atomic E-state index is 0.0257. The number of unbranched alkanes of at least 4 members (excludes halogenated alkanes) is 1. The summed E-state index contributed by atoms with van der Waals surface area (Å²) in [5.74, 6) is 1.38. The number of methoxy groups -OCH3 is 2. The van der Waals surface area contributed by atoms with E-state index in [-0.39, 0.29) is 12.5 Å². The van der Waals surface area contributed by atoms with Crippen LogP contribution in [0.2, 0.25) is 0 Å². The van der Waals surface area contributed by atoms with Crippen LogP contribution in [0.1, 0.15) is 24.8 Å². The molecule has 0 heterocycles. The summed E-state index contributed by atoms with van der Waals surface area (Å²) in [6.45, 7) is 0.785. The van der Waals surface area contributed by atoms with E-state index in [0.29, 0.717) is 30.9 Å². The molecule has 0 unspecified atom stereocenters. The van der Waals surface area contributed by atoms with Crippen molar-refractivity contribution in [2.24, 2.45) is 0 Å². The first-order valence-corrected chi connectivity index (χ1v) is 6.79. The minimum Gasteiger partial charge on any atom is -0.493 e. The summed E-state index contributed by atoms with van der Waals surface area (Å²) in [7, 11) is 3.19. The molecule has 0 aliphatic rings. The fourth-order valence-corrected chi connectivity index (χ4v) is 1.85. The van der Waals surface area contributed by atoms with E-state index >= 15 is 0 Å². The van der Waals surface area contributed by atoms with E-state index in [0.717, 1.165) is 18.4 Å². The van der Waals surface area contributed by atoms with Crippen molar-refractivity contribution in [3.05, 3.63) is 23.8 Å². The molecule has 0 saturated carbocycles. The number of nitrogens with one attached hydrogen (secondary N) is 1. The molecule has 20 heavy (non-hydrogen) atoms. The van der Waals surface area contributed by atoms with Crippen molar-refractivity contribution >= 4 is 5.91 Å². The third kappa shape index (κ3) is 5.48. The second-order valence-electron chi connectivity index (χ2n) is 4.47. The molecule has 5 nitrogen and oxygen atoms in total. The third-order valence-corrected chi connectivity index (χ3v) is 3.00. The largest absolute Gasteiger partial charge is 0.493 e. The van der Waals surface area contributed by atoms with Gasteiger partial charge in [-0.15, -0.1) is 0 Å². The second kappa shape index (κ2) is 9.20. The molecule has 1 aromatic rings. The highest BCUT2D eigenvalue weighted by atomic mass is 16.5. The van der Waals surface area contributed by atoms with Crippen molar-refractivity contribution in [3.63, 3.8) is 0 Å². The molecular formula is C15H23NO4. The van der Waals surface area contributed by atoms with Crippen LogP contribution in [0.3, 0.4) is 0 Å². The van der Waals surface area contributed by atoms with Gasteiger partial charge >= 0.3 is 0 Å². The average Bonchev–Trinajstić information content (AvgIpc) is 2.49. The van der Waals surface area contributed by atoms with E-state index in [1.165, 1.54) is 0 Å². The minimum absolute atomic E-state index is 0.0257. The maximum absolute atomic E-state index is 11.6. The quantitative estimate of drug-likeness (QED) is 0.674. The van der Waals surface area contributed by atoms with Gasteiger partial charge in [-0.3, -0.25) is 4.79 Å².